The summed E-state index contributed by atoms with van der Waals surface area (Å²) in [6.45, 7) is 11.4. The molecule has 3 aliphatic rings. The van der Waals surface area contributed by atoms with E-state index in [0.717, 1.165) is 36.7 Å². The zero-order valence-electron chi connectivity index (χ0n) is 22.5. The molecule has 0 aromatic heterocycles. The topological polar surface area (TPSA) is 51.2 Å². The Balaban J connectivity index is 1.57. The minimum atomic E-state index is -4.56. The van der Waals surface area contributed by atoms with E-state index in [4.69, 9.17) is 14.2 Å². The first-order chi connectivity index (χ1) is 17.8. The molecule has 206 valence electrons. The number of fused-ring (bicyclic) bond motifs is 3. The fourth-order valence-corrected chi connectivity index (χ4v) is 5.81. The van der Waals surface area contributed by atoms with Crippen molar-refractivity contribution in [3.63, 3.8) is 0 Å². The second-order valence-electron chi connectivity index (χ2n) is 11.6. The molecule has 0 N–H and O–H groups in total. The Morgan fingerprint density at radius 3 is 2.55 bits per heavy atom. The number of ether oxygens (including phenoxy) is 3. The fourth-order valence-electron chi connectivity index (χ4n) is 5.81. The van der Waals surface area contributed by atoms with Gasteiger partial charge < -0.3 is 24.0 Å². The molecular weight excluding hydrogens is 497 g/mol. The van der Waals surface area contributed by atoms with E-state index in [1.807, 2.05) is 26.8 Å². The van der Waals surface area contributed by atoms with Crippen molar-refractivity contribution in [1.82, 2.24) is 4.90 Å². The number of benzene rings is 2. The predicted octanol–water partition coefficient (Wildman–Crippen LogP) is 6.86. The summed E-state index contributed by atoms with van der Waals surface area (Å²) < 4.78 is 60.0. The molecule has 1 fully saturated rings. The number of hydrogen-bond acceptors (Lipinski definition) is 5. The predicted molar refractivity (Wildman–Crippen MR) is 139 cm³/mol. The lowest BCUT2D eigenvalue weighted by Crippen LogP contribution is -2.49. The highest BCUT2D eigenvalue weighted by Gasteiger charge is 2.46. The van der Waals surface area contributed by atoms with E-state index in [2.05, 4.69) is 4.90 Å². The van der Waals surface area contributed by atoms with E-state index >= 15 is 0 Å². The number of carbonyl (C=O) groups excluding carboxylic acids is 1. The zero-order chi connectivity index (χ0) is 27.4. The summed E-state index contributed by atoms with van der Waals surface area (Å²) in [4.78, 5) is 16.9. The normalized spacial score (nSPS) is 21.0. The molecular formula is C29H35F3N2O4. The Morgan fingerprint density at radius 2 is 1.87 bits per heavy atom. The van der Waals surface area contributed by atoms with Crippen LogP contribution in [0.3, 0.4) is 0 Å². The van der Waals surface area contributed by atoms with E-state index in [1.165, 1.54) is 6.07 Å². The third-order valence-electron chi connectivity index (χ3n) is 7.20. The van der Waals surface area contributed by atoms with Crippen LogP contribution >= 0.6 is 0 Å². The van der Waals surface area contributed by atoms with Gasteiger partial charge in [0.15, 0.2) is 0 Å². The lowest BCUT2D eigenvalue weighted by Gasteiger charge is -2.39. The molecule has 5 rings (SSSR count). The highest BCUT2D eigenvalue weighted by molar-refractivity contribution is 5.80. The van der Waals surface area contributed by atoms with Gasteiger partial charge in [-0.2, -0.15) is 13.2 Å². The second kappa shape index (κ2) is 9.58. The Hall–Kier alpha value is -3.10. The maximum absolute atomic E-state index is 14.2. The number of carbonyl (C=O) groups is 1. The summed E-state index contributed by atoms with van der Waals surface area (Å²) in [5.74, 6) is 0.728. The largest absolute Gasteiger partial charge is 0.491 e. The Bertz CT molecular complexity index is 1220. The molecule has 3 heterocycles. The first-order valence-electron chi connectivity index (χ1n) is 13.3. The minimum Gasteiger partial charge on any atom is -0.491 e. The first kappa shape index (κ1) is 26.5. The van der Waals surface area contributed by atoms with E-state index in [0.29, 0.717) is 31.0 Å². The number of halogens is 3. The number of hydrogen-bond donors (Lipinski definition) is 0. The quantitative estimate of drug-likeness (QED) is 0.433. The number of likely N-dealkylation sites (tertiary alicyclic amines) is 1. The van der Waals surface area contributed by atoms with Crippen LogP contribution in [0, 0.1) is 0 Å². The molecule has 0 aliphatic carbocycles. The molecule has 38 heavy (non-hydrogen) atoms. The van der Waals surface area contributed by atoms with E-state index < -0.39 is 17.3 Å². The summed E-state index contributed by atoms with van der Waals surface area (Å²) in [5, 5.41) is 0. The lowest BCUT2D eigenvalue weighted by atomic mass is 9.87. The van der Waals surface area contributed by atoms with Gasteiger partial charge in [0.1, 0.15) is 17.1 Å². The number of piperidine rings is 1. The van der Waals surface area contributed by atoms with Crippen molar-refractivity contribution < 1.29 is 32.2 Å². The number of rotatable bonds is 3. The van der Waals surface area contributed by atoms with Gasteiger partial charge in [-0.05, 0) is 88.4 Å². The highest BCUT2D eigenvalue weighted by atomic mass is 19.4. The molecule has 0 spiro atoms. The highest BCUT2D eigenvalue weighted by Crippen LogP contribution is 2.52. The number of alkyl halides is 3. The summed E-state index contributed by atoms with van der Waals surface area (Å²) in [7, 11) is 0. The van der Waals surface area contributed by atoms with Crippen LogP contribution in [0.4, 0.5) is 23.7 Å². The average molecular weight is 533 g/mol. The maximum atomic E-state index is 14.2. The molecule has 1 saturated heterocycles. The van der Waals surface area contributed by atoms with Gasteiger partial charge in [0, 0.05) is 31.6 Å². The van der Waals surface area contributed by atoms with Crippen molar-refractivity contribution >= 4 is 11.8 Å². The van der Waals surface area contributed by atoms with Crippen LogP contribution in [-0.2, 0) is 10.9 Å². The van der Waals surface area contributed by atoms with Gasteiger partial charge in [-0.3, -0.25) is 0 Å². The first-order valence-corrected chi connectivity index (χ1v) is 13.3. The number of anilines is 1. The van der Waals surface area contributed by atoms with Crippen LogP contribution in [0.5, 0.6) is 11.5 Å². The number of nitrogens with zero attached hydrogens (tertiary/aromatic N) is 2. The smallest absolute Gasteiger partial charge is 0.417 e. The molecule has 2 aromatic carbocycles. The van der Waals surface area contributed by atoms with Crippen molar-refractivity contribution in [2.45, 2.75) is 77.3 Å². The van der Waals surface area contributed by atoms with E-state index in [-0.39, 0.29) is 35.5 Å². The summed E-state index contributed by atoms with van der Waals surface area (Å²) in [6.07, 6.45) is -3.60. The standard InChI is InChI=1S/C29H35F3N2O4/c1-17(2)37-19-7-8-20(23(15-19)29(30,31)32)18-13-21-22-16-33(27(35)38-28(3,4)5)11-9-24(22)34-10-6-12-36-25(14-18)26(21)34/h7-8,13-15,17,22,24H,6,9-12,16H2,1-5H3/t22-,24-/m0/s1. The Morgan fingerprint density at radius 1 is 1.11 bits per heavy atom. The molecule has 0 radical (unpaired) electrons. The van der Waals surface area contributed by atoms with Crippen LogP contribution in [0.1, 0.15) is 64.5 Å². The lowest BCUT2D eigenvalue weighted by molar-refractivity contribution is -0.137. The van der Waals surface area contributed by atoms with Crippen LogP contribution in [0.25, 0.3) is 11.1 Å². The monoisotopic (exact) mass is 532 g/mol. The van der Waals surface area contributed by atoms with Gasteiger partial charge in [0.25, 0.3) is 0 Å². The fraction of sp³-hybridized carbons (Fsp3) is 0.552. The van der Waals surface area contributed by atoms with E-state index in [1.54, 1.807) is 30.9 Å². The molecule has 1 amide bonds. The zero-order valence-corrected chi connectivity index (χ0v) is 22.5. The van der Waals surface area contributed by atoms with Gasteiger partial charge in [-0.15, -0.1) is 0 Å². The van der Waals surface area contributed by atoms with Crippen molar-refractivity contribution in [3.05, 3.63) is 41.5 Å². The molecule has 3 aliphatic heterocycles. The van der Waals surface area contributed by atoms with Crippen molar-refractivity contribution in [3.8, 4) is 22.6 Å². The molecule has 2 aromatic rings. The van der Waals surface area contributed by atoms with Crippen molar-refractivity contribution in [1.29, 1.82) is 0 Å². The summed E-state index contributed by atoms with van der Waals surface area (Å²) in [5.41, 5.74) is 1.03. The van der Waals surface area contributed by atoms with Crippen molar-refractivity contribution in [2.75, 3.05) is 31.1 Å². The van der Waals surface area contributed by atoms with Gasteiger partial charge in [0.2, 0.25) is 0 Å². The van der Waals surface area contributed by atoms with Gasteiger partial charge in [0.05, 0.1) is 24.0 Å². The van der Waals surface area contributed by atoms with Gasteiger partial charge in [-0.25, -0.2) is 4.79 Å². The third-order valence-corrected chi connectivity index (χ3v) is 7.20. The molecule has 2 atom stereocenters. The average Bonchev–Trinajstić information content (AvgIpc) is 2.96. The molecule has 9 heteroatoms. The molecule has 0 unspecified atom stereocenters. The molecule has 0 bridgehead atoms. The van der Waals surface area contributed by atoms with Crippen LogP contribution in [-0.4, -0.2) is 55.0 Å². The van der Waals surface area contributed by atoms with Crippen LogP contribution in [0.2, 0.25) is 0 Å². The Kier molecular flexibility index (Phi) is 6.68. The van der Waals surface area contributed by atoms with Gasteiger partial charge in [-0.1, -0.05) is 6.07 Å². The van der Waals surface area contributed by atoms with Crippen molar-refractivity contribution in [2.24, 2.45) is 0 Å². The van der Waals surface area contributed by atoms with Crippen LogP contribution < -0.4 is 14.4 Å². The summed E-state index contributed by atoms with van der Waals surface area (Å²) in [6, 6.07) is 7.87. The van der Waals surface area contributed by atoms with E-state index in [9.17, 15) is 18.0 Å². The third kappa shape index (κ3) is 5.12. The number of amides is 1. The minimum absolute atomic E-state index is 0.0513. The summed E-state index contributed by atoms with van der Waals surface area (Å²) >= 11 is 0. The maximum Gasteiger partial charge on any atom is 0.417 e. The Labute approximate surface area is 221 Å². The SMILES string of the molecule is CC(C)Oc1ccc(-c2cc3c4c(c2)[C@@H]2CN(C(=O)OC(C)(C)C)CC[C@@H]2N4CCCO3)c(C(F)(F)F)c1. The second-order valence-corrected chi connectivity index (χ2v) is 11.6. The molecule has 0 saturated carbocycles. The molecule has 6 nitrogen and oxygen atoms in total. The van der Waals surface area contributed by atoms with Crippen LogP contribution in [0.15, 0.2) is 30.3 Å². The van der Waals surface area contributed by atoms with Gasteiger partial charge >= 0.3 is 12.3 Å².